The number of benzene rings is 2. The Morgan fingerprint density at radius 2 is 1.15 bits per heavy atom. The van der Waals surface area contributed by atoms with Crippen LogP contribution in [0.25, 0.3) is 0 Å². The molecule has 0 fully saturated rings. The Hall–Kier alpha value is -5.42. The van der Waals surface area contributed by atoms with Crippen LogP contribution in [0.3, 0.4) is 0 Å². The molecule has 0 bridgehead atoms. The van der Waals surface area contributed by atoms with Crippen molar-refractivity contribution in [3.8, 4) is 11.5 Å². The summed E-state index contributed by atoms with van der Waals surface area (Å²) in [6.07, 6.45) is 2.62. The Morgan fingerprint density at radius 1 is 0.667 bits per heavy atom. The number of nitrogens with two attached hydrogens (primary N) is 6. The third kappa shape index (κ3) is 9.79. The predicted octanol–water partition coefficient (Wildman–Crippen LogP) is -4.91. The van der Waals surface area contributed by atoms with Crippen LogP contribution in [0.5, 0.6) is 11.5 Å². The summed E-state index contributed by atoms with van der Waals surface area (Å²) in [5, 5.41) is 30.1. The van der Waals surface area contributed by atoms with Gasteiger partial charge in [-0.2, -0.15) is 0 Å². The maximum absolute atomic E-state index is 13.8. The summed E-state index contributed by atoms with van der Waals surface area (Å²) in [6, 6.07) is 4.09. The van der Waals surface area contributed by atoms with Gasteiger partial charge in [0, 0.05) is 37.4 Å². The molecule has 3 rings (SSSR count). The first-order chi connectivity index (χ1) is 22.8. The molecule has 0 radical (unpaired) electrons. The maximum atomic E-state index is 13.8. The lowest BCUT2D eigenvalue weighted by Crippen LogP contribution is -2.78. The Labute approximate surface area is 277 Å². The van der Waals surface area contributed by atoms with Crippen molar-refractivity contribution in [2.24, 2.45) is 34.4 Å². The van der Waals surface area contributed by atoms with Gasteiger partial charge in [0.15, 0.2) is 0 Å². The molecule has 2 aromatic rings. The highest BCUT2D eigenvalue weighted by molar-refractivity contribution is 6.33. The summed E-state index contributed by atoms with van der Waals surface area (Å²) in [6.45, 7) is 1.55. The van der Waals surface area contributed by atoms with Crippen molar-refractivity contribution in [1.29, 1.82) is 0 Å². The molecule has 1 aliphatic rings. The molecule has 2 unspecified atom stereocenters. The van der Waals surface area contributed by atoms with Gasteiger partial charge in [0.05, 0.1) is 47.4 Å². The Morgan fingerprint density at radius 3 is 1.65 bits per heavy atom. The number of anilines is 2. The molecule has 1 aliphatic carbocycles. The number of fused-ring (bicyclic) bond motifs is 2. The molecule has 0 saturated carbocycles. The fourth-order valence-corrected chi connectivity index (χ4v) is 5.25. The minimum absolute atomic E-state index is 0.0864. The van der Waals surface area contributed by atoms with Crippen LogP contribution in [0.15, 0.2) is 24.3 Å². The Kier molecular flexibility index (Phi) is 13.5. The zero-order valence-electron chi connectivity index (χ0n) is 26.7. The van der Waals surface area contributed by atoms with Crippen LogP contribution in [0.2, 0.25) is 0 Å². The number of Topliss-reactive ketones (excluding diaryl/α,β-unsaturated/α-hetero) is 1. The van der Waals surface area contributed by atoms with Crippen LogP contribution in [0, 0.1) is 0 Å². The van der Waals surface area contributed by atoms with Crippen LogP contribution >= 0.6 is 0 Å². The fraction of sp³-hybridized carbons (Fsp3) is 0.419. The monoisotopic (exact) mass is 669 g/mol. The molecule has 260 valence electrons. The highest BCUT2D eigenvalue weighted by Gasteiger charge is 2.38. The van der Waals surface area contributed by atoms with E-state index in [4.69, 9.17) is 34.4 Å². The summed E-state index contributed by atoms with van der Waals surface area (Å²) in [7, 11) is 0. The largest absolute Gasteiger partial charge is 0.507 e. The SMILES string of the molecule is NC(N)=[NH+]CCCC(N)C(=O)CCCNc1ccc(O)c2c1C(=O)c1c(O)ccc(NCCNC(=O)C(N)CCC[NH+]=C(N)N)c1C2=O. The van der Waals surface area contributed by atoms with E-state index in [1.165, 1.54) is 24.3 Å². The third-order valence-electron chi connectivity index (χ3n) is 7.72. The topological polar surface area (TPSA) is 329 Å². The van der Waals surface area contributed by atoms with E-state index in [0.717, 1.165) is 0 Å². The number of nitrogens with one attached hydrogen (secondary N) is 5. The van der Waals surface area contributed by atoms with E-state index in [2.05, 4.69) is 25.9 Å². The van der Waals surface area contributed by atoms with E-state index in [1.54, 1.807) is 0 Å². The van der Waals surface area contributed by atoms with Gasteiger partial charge in [-0.3, -0.25) is 52.1 Å². The van der Waals surface area contributed by atoms with E-state index in [0.29, 0.717) is 45.2 Å². The molecule has 17 heteroatoms. The van der Waals surface area contributed by atoms with Crippen molar-refractivity contribution >= 4 is 46.6 Å². The number of carbonyl (C=O) groups is 4. The molecule has 19 N–H and O–H groups in total. The average molecular weight is 670 g/mol. The van der Waals surface area contributed by atoms with E-state index in [9.17, 15) is 29.4 Å². The van der Waals surface area contributed by atoms with E-state index in [-0.39, 0.29) is 83.3 Å². The number of guanidine groups is 2. The summed E-state index contributed by atoms with van der Waals surface area (Å²) in [5.74, 6) is -2.44. The minimum atomic E-state index is -0.749. The van der Waals surface area contributed by atoms with Crippen LogP contribution in [-0.2, 0) is 9.59 Å². The lowest BCUT2D eigenvalue weighted by atomic mass is 9.81. The summed E-state index contributed by atoms with van der Waals surface area (Å²) in [4.78, 5) is 57.8. The number of hydrogen-bond donors (Lipinski definition) is 13. The standard InChI is InChI=1S/C31H45N11O6/c32-16(4-1-12-41-30(34)35)20(43)6-3-11-38-18-7-9-21(44)25-23(18)27(46)26-22(45)10-8-19(24(26)28(25)47)39-14-15-40-29(48)17(33)5-2-13-42-31(36)37/h7-10,16-17,38-39,44-45H,1-6,11-15,32-33H2,(H,40,48)(H4,34,35,41)(H4,36,37,42)/p+2. The molecule has 2 atom stereocenters. The normalized spacial score (nSPS) is 13.0. The molecule has 48 heavy (non-hydrogen) atoms. The quantitative estimate of drug-likeness (QED) is 0.0246. The highest BCUT2D eigenvalue weighted by Crippen LogP contribution is 2.42. The molecule has 1 amide bonds. The Balaban J connectivity index is 1.63. The molecule has 0 aliphatic heterocycles. The van der Waals surface area contributed by atoms with Gasteiger partial charge in [0.1, 0.15) is 17.3 Å². The molecule has 0 heterocycles. The second-order valence-corrected chi connectivity index (χ2v) is 11.4. The van der Waals surface area contributed by atoms with Gasteiger partial charge in [-0.15, -0.1) is 0 Å². The van der Waals surface area contributed by atoms with Gasteiger partial charge in [-0.1, -0.05) is 0 Å². The van der Waals surface area contributed by atoms with Crippen molar-refractivity contribution in [3.63, 3.8) is 0 Å². The molecule has 17 nitrogen and oxygen atoms in total. The number of ketones is 3. The van der Waals surface area contributed by atoms with E-state index >= 15 is 0 Å². The molecule has 2 aromatic carbocycles. The molecule has 0 saturated heterocycles. The van der Waals surface area contributed by atoms with Gasteiger partial charge in [0.2, 0.25) is 17.5 Å². The zero-order chi connectivity index (χ0) is 35.4. The van der Waals surface area contributed by atoms with Crippen molar-refractivity contribution in [3.05, 3.63) is 46.5 Å². The highest BCUT2D eigenvalue weighted by atomic mass is 16.3. The van der Waals surface area contributed by atoms with Crippen LogP contribution < -0.4 is 60.3 Å². The summed E-state index contributed by atoms with van der Waals surface area (Å²) >= 11 is 0. The molecule has 0 spiro atoms. The number of phenolic OH excluding ortho intramolecular Hbond substituents is 2. The van der Waals surface area contributed by atoms with Gasteiger partial charge in [-0.25, -0.2) is 0 Å². The van der Waals surface area contributed by atoms with Crippen molar-refractivity contribution in [2.45, 2.75) is 50.6 Å². The van der Waals surface area contributed by atoms with Gasteiger partial charge < -0.3 is 37.6 Å². The number of phenols is 2. The van der Waals surface area contributed by atoms with Crippen molar-refractivity contribution in [2.75, 3.05) is 43.4 Å². The Bertz CT molecular complexity index is 1450. The van der Waals surface area contributed by atoms with Crippen LogP contribution in [-0.4, -0.2) is 90.2 Å². The zero-order valence-corrected chi connectivity index (χ0v) is 26.7. The number of hydrogen-bond acceptors (Lipinski definition) is 10. The van der Waals surface area contributed by atoms with Gasteiger partial charge in [0.25, 0.3) is 0 Å². The minimum Gasteiger partial charge on any atom is -0.507 e. The number of amides is 1. The third-order valence-corrected chi connectivity index (χ3v) is 7.72. The van der Waals surface area contributed by atoms with Crippen LogP contribution in [0.4, 0.5) is 11.4 Å². The summed E-state index contributed by atoms with van der Waals surface area (Å²) in [5.41, 5.74) is 33.2. The van der Waals surface area contributed by atoms with Crippen LogP contribution in [0.1, 0.15) is 70.4 Å². The summed E-state index contributed by atoms with van der Waals surface area (Å²) < 4.78 is 0. The predicted molar refractivity (Wildman–Crippen MR) is 180 cm³/mol. The second-order valence-electron chi connectivity index (χ2n) is 11.4. The molecular formula is C31H47N11O6+2. The van der Waals surface area contributed by atoms with E-state index in [1.807, 2.05) is 0 Å². The van der Waals surface area contributed by atoms with Crippen molar-refractivity contribution < 1.29 is 39.4 Å². The van der Waals surface area contributed by atoms with Gasteiger partial charge >= 0.3 is 11.9 Å². The first kappa shape index (κ1) is 37.0. The second kappa shape index (κ2) is 17.5. The lowest BCUT2D eigenvalue weighted by Gasteiger charge is -2.24. The number of rotatable bonds is 19. The fourth-order valence-electron chi connectivity index (χ4n) is 5.25. The average Bonchev–Trinajstić information content (AvgIpc) is 3.04. The first-order valence-electron chi connectivity index (χ1n) is 15.7. The smallest absolute Gasteiger partial charge is 0.338 e. The lowest BCUT2D eigenvalue weighted by molar-refractivity contribution is -0.460. The first-order valence-corrected chi connectivity index (χ1v) is 15.7. The maximum Gasteiger partial charge on any atom is 0.338 e. The number of aromatic hydroxyl groups is 2. The molecular weight excluding hydrogens is 622 g/mol. The molecule has 0 aromatic heterocycles. The van der Waals surface area contributed by atoms with Gasteiger partial charge in [-0.05, 0) is 56.4 Å². The van der Waals surface area contributed by atoms with E-state index < -0.39 is 35.1 Å². The van der Waals surface area contributed by atoms with Crippen molar-refractivity contribution in [1.82, 2.24) is 5.32 Å². The number of carbonyl (C=O) groups excluding carboxylic acids is 4.